The number of rotatable bonds is 4. The van der Waals surface area contributed by atoms with Gasteiger partial charge in [0.2, 0.25) is 0 Å². The molecule has 0 bridgehead atoms. The van der Waals surface area contributed by atoms with E-state index in [0.717, 1.165) is 37.3 Å². The summed E-state index contributed by atoms with van der Waals surface area (Å²) in [4.78, 5) is 0. The molecule has 2 atom stereocenters. The van der Waals surface area contributed by atoms with E-state index in [-0.39, 0.29) is 0 Å². The van der Waals surface area contributed by atoms with Crippen molar-refractivity contribution in [3.63, 3.8) is 0 Å². The van der Waals surface area contributed by atoms with Crippen molar-refractivity contribution >= 4 is 0 Å². The van der Waals surface area contributed by atoms with Gasteiger partial charge in [-0.1, -0.05) is 18.2 Å². The third-order valence-corrected chi connectivity index (χ3v) is 3.42. The molecule has 1 aromatic carbocycles. The highest BCUT2D eigenvalue weighted by atomic mass is 16.5. The van der Waals surface area contributed by atoms with Crippen LogP contribution < -0.4 is 5.32 Å². The second-order valence-corrected chi connectivity index (χ2v) is 4.56. The highest BCUT2D eigenvalue weighted by Gasteiger charge is 2.21. The Hall–Kier alpha value is -1.37. The summed E-state index contributed by atoms with van der Waals surface area (Å²) in [6.45, 7) is 4.68. The average Bonchev–Trinajstić information content (AvgIpc) is 2.90. The quantitative estimate of drug-likeness (QED) is 0.861. The Kier molecular flexibility index (Phi) is 4.13. The summed E-state index contributed by atoms with van der Waals surface area (Å²) in [6.07, 6.45) is 1.13. The Morgan fingerprint density at radius 3 is 3.06 bits per heavy atom. The van der Waals surface area contributed by atoms with E-state index in [0.29, 0.717) is 12.0 Å². The third kappa shape index (κ3) is 3.06. The van der Waals surface area contributed by atoms with Crippen molar-refractivity contribution in [1.29, 1.82) is 5.26 Å². The summed E-state index contributed by atoms with van der Waals surface area (Å²) in [5.74, 6) is 0.601. The molecule has 1 aliphatic rings. The van der Waals surface area contributed by atoms with E-state index in [1.165, 1.54) is 0 Å². The van der Waals surface area contributed by atoms with Gasteiger partial charge < -0.3 is 10.1 Å². The molecule has 0 aromatic heterocycles. The molecule has 1 saturated heterocycles. The van der Waals surface area contributed by atoms with E-state index in [9.17, 15) is 0 Å². The number of nitriles is 1. The van der Waals surface area contributed by atoms with Crippen LogP contribution in [0.4, 0.5) is 0 Å². The lowest BCUT2D eigenvalue weighted by Crippen LogP contribution is -2.33. The van der Waals surface area contributed by atoms with Crippen LogP contribution in [-0.2, 0) is 11.3 Å². The molecule has 1 fully saturated rings. The van der Waals surface area contributed by atoms with Gasteiger partial charge in [0.25, 0.3) is 0 Å². The van der Waals surface area contributed by atoms with Crippen LogP contribution in [0.5, 0.6) is 0 Å². The molecule has 1 aromatic rings. The molecule has 17 heavy (non-hydrogen) atoms. The lowest BCUT2D eigenvalue weighted by Gasteiger charge is -2.19. The highest BCUT2D eigenvalue weighted by molar-refractivity contribution is 5.37. The van der Waals surface area contributed by atoms with Crippen molar-refractivity contribution < 1.29 is 4.74 Å². The van der Waals surface area contributed by atoms with Crippen molar-refractivity contribution in [2.45, 2.75) is 25.9 Å². The molecule has 0 aliphatic carbocycles. The fourth-order valence-electron chi connectivity index (χ4n) is 2.17. The zero-order valence-corrected chi connectivity index (χ0v) is 10.1. The van der Waals surface area contributed by atoms with Crippen molar-refractivity contribution in [3.05, 3.63) is 35.4 Å². The first-order valence-corrected chi connectivity index (χ1v) is 6.10. The molecule has 0 spiro atoms. The number of benzene rings is 1. The molecule has 0 radical (unpaired) electrons. The van der Waals surface area contributed by atoms with Crippen LogP contribution in [0, 0.1) is 17.2 Å². The molecular weight excluding hydrogens is 212 g/mol. The summed E-state index contributed by atoms with van der Waals surface area (Å²) in [5.41, 5.74) is 1.83. The van der Waals surface area contributed by atoms with Gasteiger partial charge in [-0.3, -0.25) is 0 Å². The summed E-state index contributed by atoms with van der Waals surface area (Å²) in [5, 5.41) is 12.5. The van der Waals surface area contributed by atoms with E-state index < -0.39 is 0 Å². The SMILES string of the molecule is CC(NCc1ccccc1C#N)C1CCOC1. The number of nitrogens with one attached hydrogen (secondary N) is 1. The second kappa shape index (κ2) is 5.81. The number of hydrogen-bond acceptors (Lipinski definition) is 3. The Balaban J connectivity index is 1.91. The van der Waals surface area contributed by atoms with Crippen LogP contribution in [0.3, 0.4) is 0 Å². The Labute approximate surface area is 102 Å². The zero-order valence-electron chi connectivity index (χ0n) is 10.1. The maximum Gasteiger partial charge on any atom is 0.0995 e. The second-order valence-electron chi connectivity index (χ2n) is 4.56. The normalized spacial score (nSPS) is 21.1. The standard InChI is InChI=1S/C14H18N2O/c1-11(14-6-7-17-10-14)16-9-13-5-3-2-4-12(13)8-15/h2-5,11,14,16H,6-7,9-10H2,1H3. The maximum absolute atomic E-state index is 9.00. The molecule has 0 amide bonds. The fourth-order valence-corrected chi connectivity index (χ4v) is 2.17. The highest BCUT2D eigenvalue weighted by Crippen LogP contribution is 2.17. The maximum atomic E-state index is 9.00. The van der Waals surface area contributed by atoms with Crippen molar-refractivity contribution in [2.75, 3.05) is 13.2 Å². The minimum Gasteiger partial charge on any atom is -0.381 e. The average molecular weight is 230 g/mol. The molecule has 1 heterocycles. The van der Waals surface area contributed by atoms with E-state index in [2.05, 4.69) is 18.3 Å². The zero-order chi connectivity index (χ0) is 12.1. The first-order valence-electron chi connectivity index (χ1n) is 6.10. The van der Waals surface area contributed by atoms with Gasteiger partial charge in [0, 0.05) is 19.2 Å². The first-order chi connectivity index (χ1) is 8.31. The summed E-state index contributed by atoms with van der Waals surface area (Å²) < 4.78 is 5.38. The summed E-state index contributed by atoms with van der Waals surface area (Å²) in [7, 11) is 0. The predicted octanol–water partition coefficient (Wildman–Crippen LogP) is 2.07. The fraction of sp³-hybridized carbons (Fsp3) is 0.500. The third-order valence-electron chi connectivity index (χ3n) is 3.42. The summed E-state index contributed by atoms with van der Waals surface area (Å²) >= 11 is 0. The van der Waals surface area contributed by atoms with Gasteiger partial charge in [-0.15, -0.1) is 0 Å². The number of hydrogen-bond donors (Lipinski definition) is 1. The topological polar surface area (TPSA) is 45.0 Å². The lowest BCUT2D eigenvalue weighted by atomic mass is 10.00. The molecule has 2 rings (SSSR count). The molecule has 1 aliphatic heterocycles. The van der Waals surface area contributed by atoms with Gasteiger partial charge in [0.1, 0.15) is 0 Å². The monoisotopic (exact) mass is 230 g/mol. The van der Waals surface area contributed by atoms with Gasteiger partial charge in [-0.2, -0.15) is 5.26 Å². The Morgan fingerprint density at radius 2 is 2.35 bits per heavy atom. The largest absolute Gasteiger partial charge is 0.381 e. The van der Waals surface area contributed by atoms with Gasteiger partial charge in [0.05, 0.1) is 18.2 Å². The van der Waals surface area contributed by atoms with Crippen LogP contribution in [0.1, 0.15) is 24.5 Å². The van der Waals surface area contributed by atoms with Crippen LogP contribution in [0.2, 0.25) is 0 Å². The molecule has 3 nitrogen and oxygen atoms in total. The van der Waals surface area contributed by atoms with Crippen LogP contribution in [0.15, 0.2) is 24.3 Å². The van der Waals surface area contributed by atoms with E-state index >= 15 is 0 Å². The van der Waals surface area contributed by atoms with Crippen LogP contribution >= 0.6 is 0 Å². The van der Waals surface area contributed by atoms with E-state index in [1.54, 1.807) is 0 Å². The van der Waals surface area contributed by atoms with E-state index in [4.69, 9.17) is 10.00 Å². The Bertz CT molecular complexity index is 405. The van der Waals surface area contributed by atoms with E-state index in [1.807, 2.05) is 24.3 Å². The molecule has 2 unspecified atom stereocenters. The number of ether oxygens (including phenoxy) is 1. The van der Waals surface area contributed by atoms with Crippen molar-refractivity contribution in [3.8, 4) is 6.07 Å². The van der Waals surface area contributed by atoms with Crippen molar-refractivity contribution in [2.24, 2.45) is 5.92 Å². The molecule has 3 heteroatoms. The smallest absolute Gasteiger partial charge is 0.0995 e. The number of nitrogens with zero attached hydrogens (tertiary/aromatic N) is 1. The molecule has 0 saturated carbocycles. The van der Waals surface area contributed by atoms with Gasteiger partial charge in [-0.25, -0.2) is 0 Å². The minimum absolute atomic E-state index is 0.434. The predicted molar refractivity (Wildman–Crippen MR) is 66.4 cm³/mol. The van der Waals surface area contributed by atoms with Crippen LogP contribution in [-0.4, -0.2) is 19.3 Å². The molecule has 90 valence electrons. The van der Waals surface area contributed by atoms with Crippen LogP contribution in [0.25, 0.3) is 0 Å². The van der Waals surface area contributed by atoms with Gasteiger partial charge in [-0.05, 0) is 30.9 Å². The minimum atomic E-state index is 0.434. The summed E-state index contributed by atoms with van der Waals surface area (Å²) in [6, 6.07) is 10.4. The van der Waals surface area contributed by atoms with Crippen molar-refractivity contribution in [1.82, 2.24) is 5.32 Å². The lowest BCUT2D eigenvalue weighted by molar-refractivity contribution is 0.178. The molecular formula is C14H18N2O. The molecule has 1 N–H and O–H groups in total. The Morgan fingerprint density at radius 1 is 1.53 bits per heavy atom. The van der Waals surface area contributed by atoms with Gasteiger partial charge in [0.15, 0.2) is 0 Å². The first kappa shape index (κ1) is 12.1. The van der Waals surface area contributed by atoms with Gasteiger partial charge >= 0.3 is 0 Å².